The average molecular weight is 345 g/mol. The molecule has 1 aliphatic heterocycles. The van der Waals surface area contributed by atoms with Crippen LogP contribution in [0.25, 0.3) is 0 Å². The van der Waals surface area contributed by atoms with Crippen LogP contribution in [0.1, 0.15) is 25.3 Å². The molecule has 134 valence electrons. The van der Waals surface area contributed by atoms with E-state index in [4.69, 9.17) is 14.2 Å². The van der Waals surface area contributed by atoms with Crippen LogP contribution >= 0.6 is 0 Å². The molecule has 25 heavy (non-hydrogen) atoms. The fraction of sp³-hybridized carbons (Fsp3) is 0.474. The van der Waals surface area contributed by atoms with Gasteiger partial charge >= 0.3 is 12.1 Å². The molecule has 6 heteroatoms. The first kappa shape index (κ1) is 17.3. The highest BCUT2D eigenvalue weighted by Crippen LogP contribution is 2.46. The zero-order valence-corrected chi connectivity index (χ0v) is 14.4. The molecule has 4 atom stereocenters. The molecule has 3 rings (SSSR count). The molecule has 0 aromatic heterocycles. The molecule has 0 spiro atoms. The quantitative estimate of drug-likeness (QED) is 0.849. The van der Waals surface area contributed by atoms with Gasteiger partial charge in [0.2, 0.25) is 6.29 Å². The SMILES string of the molecule is CNC(=O)OC1OC=C(C(=O)OCc2ccccc2)C2CCC(C)C12. The number of hydrogen-bond acceptors (Lipinski definition) is 5. The smallest absolute Gasteiger partial charge is 0.409 e. The third kappa shape index (κ3) is 3.78. The summed E-state index contributed by atoms with van der Waals surface area (Å²) in [6.45, 7) is 2.31. The van der Waals surface area contributed by atoms with Crippen molar-refractivity contribution in [2.45, 2.75) is 32.7 Å². The zero-order chi connectivity index (χ0) is 17.8. The number of ether oxygens (including phenoxy) is 3. The number of carbonyl (C=O) groups is 2. The number of esters is 1. The summed E-state index contributed by atoms with van der Waals surface area (Å²) >= 11 is 0. The van der Waals surface area contributed by atoms with Gasteiger partial charge in [0, 0.05) is 18.9 Å². The van der Waals surface area contributed by atoms with E-state index in [0.29, 0.717) is 11.5 Å². The summed E-state index contributed by atoms with van der Waals surface area (Å²) in [4.78, 5) is 24.0. The standard InChI is InChI=1S/C19H23NO5/c1-12-8-9-14-15(11-24-18(16(12)14)25-19(22)20-2)17(21)23-10-13-6-4-3-5-7-13/h3-7,11-12,14,16,18H,8-10H2,1-2H3,(H,20,22). The molecule has 1 heterocycles. The van der Waals surface area contributed by atoms with Gasteiger partial charge in [0.1, 0.15) is 6.61 Å². The average Bonchev–Trinajstić information content (AvgIpc) is 3.03. The molecule has 6 nitrogen and oxygen atoms in total. The molecule has 1 N–H and O–H groups in total. The Kier molecular flexibility index (Phi) is 5.26. The lowest BCUT2D eigenvalue weighted by Gasteiger charge is -2.34. The van der Waals surface area contributed by atoms with Gasteiger partial charge in [-0.3, -0.25) is 0 Å². The number of nitrogens with one attached hydrogen (secondary N) is 1. The Morgan fingerprint density at radius 3 is 2.72 bits per heavy atom. The summed E-state index contributed by atoms with van der Waals surface area (Å²) in [7, 11) is 1.50. The van der Waals surface area contributed by atoms with Crippen LogP contribution in [0.5, 0.6) is 0 Å². The lowest BCUT2D eigenvalue weighted by molar-refractivity contribution is -0.148. The van der Waals surface area contributed by atoms with Crippen LogP contribution in [0.2, 0.25) is 0 Å². The third-order valence-corrected chi connectivity index (χ3v) is 4.97. The van der Waals surface area contributed by atoms with Crippen molar-refractivity contribution in [2.24, 2.45) is 17.8 Å². The number of carbonyl (C=O) groups excluding carboxylic acids is 2. The van der Waals surface area contributed by atoms with Crippen molar-refractivity contribution >= 4 is 12.1 Å². The normalized spacial score (nSPS) is 27.5. The highest BCUT2D eigenvalue weighted by atomic mass is 16.7. The van der Waals surface area contributed by atoms with E-state index in [1.54, 1.807) is 0 Å². The monoisotopic (exact) mass is 345 g/mol. The van der Waals surface area contributed by atoms with E-state index in [0.717, 1.165) is 18.4 Å². The topological polar surface area (TPSA) is 73.9 Å². The van der Waals surface area contributed by atoms with Crippen molar-refractivity contribution in [2.75, 3.05) is 7.05 Å². The second kappa shape index (κ2) is 7.59. The van der Waals surface area contributed by atoms with Gasteiger partial charge in [-0.2, -0.15) is 0 Å². The Morgan fingerprint density at radius 1 is 1.24 bits per heavy atom. The van der Waals surface area contributed by atoms with Gasteiger partial charge in [-0.15, -0.1) is 0 Å². The first-order chi connectivity index (χ1) is 12.1. The number of benzene rings is 1. The van der Waals surface area contributed by atoms with Gasteiger partial charge in [-0.1, -0.05) is 37.3 Å². The molecule has 1 amide bonds. The third-order valence-electron chi connectivity index (χ3n) is 4.97. The highest BCUT2D eigenvalue weighted by molar-refractivity contribution is 5.89. The van der Waals surface area contributed by atoms with Crippen LogP contribution in [0.4, 0.5) is 4.79 Å². The van der Waals surface area contributed by atoms with Crippen molar-refractivity contribution in [1.29, 1.82) is 0 Å². The minimum Gasteiger partial charge on any atom is -0.461 e. The van der Waals surface area contributed by atoms with Crippen LogP contribution in [0.15, 0.2) is 42.2 Å². The van der Waals surface area contributed by atoms with Crippen molar-refractivity contribution in [1.82, 2.24) is 5.32 Å². The molecule has 4 unspecified atom stereocenters. The molecular weight excluding hydrogens is 322 g/mol. The van der Waals surface area contributed by atoms with Crippen LogP contribution < -0.4 is 5.32 Å². The van der Waals surface area contributed by atoms with Crippen molar-refractivity contribution in [3.8, 4) is 0 Å². The molecule has 1 aliphatic carbocycles. The predicted molar refractivity (Wildman–Crippen MR) is 90.1 cm³/mol. The maximum absolute atomic E-state index is 12.5. The first-order valence-corrected chi connectivity index (χ1v) is 8.55. The van der Waals surface area contributed by atoms with Gasteiger partial charge in [0.15, 0.2) is 0 Å². The molecule has 0 saturated heterocycles. The van der Waals surface area contributed by atoms with Crippen LogP contribution in [-0.4, -0.2) is 25.4 Å². The van der Waals surface area contributed by atoms with Crippen molar-refractivity contribution < 1.29 is 23.8 Å². The molecule has 0 radical (unpaired) electrons. The zero-order valence-electron chi connectivity index (χ0n) is 14.4. The first-order valence-electron chi connectivity index (χ1n) is 8.55. The Bertz CT molecular complexity index is 657. The molecule has 1 fully saturated rings. The van der Waals surface area contributed by atoms with Gasteiger partial charge in [-0.05, 0) is 24.3 Å². The van der Waals surface area contributed by atoms with Crippen LogP contribution in [-0.2, 0) is 25.6 Å². The van der Waals surface area contributed by atoms with E-state index in [1.807, 2.05) is 30.3 Å². The summed E-state index contributed by atoms with van der Waals surface area (Å²) in [6.07, 6.45) is 2.00. The van der Waals surface area contributed by atoms with Gasteiger partial charge in [0.05, 0.1) is 11.8 Å². The maximum atomic E-state index is 12.5. The maximum Gasteiger partial charge on any atom is 0.409 e. The summed E-state index contributed by atoms with van der Waals surface area (Å²) in [6, 6.07) is 9.54. The molecular formula is C19H23NO5. The molecule has 0 bridgehead atoms. The van der Waals surface area contributed by atoms with Gasteiger partial charge in [-0.25, -0.2) is 9.59 Å². The molecule has 1 aromatic carbocycles. The number of rotatable bonds is 4. The fourth-order valence-corrected chi connectivity index (χ4v) is 3.64. The van der Waals surface area contributed by atoms with E-state index in [9.17, 15) is 9.59 Å². The van der Waals surface area contributed by atoms with E-state index in [1.165, 1.54) is 13.3 Å². The van der Waals surface area contributed by atoms with Crippen LogP contribution in [0.3, 0.4) is 0 Å². The second-order valence-corrected chi connectivity index (χ2v) is 6.53. The summed E-state index contributed by atoms with van der Waals surface area (Å²) in [5.74, 6) is -0.125. The Balaban J connectivity index is 1.69. The number of amides is 1. The lowest BCUT2D eigenvalue weighted by atomic mass is 9.83. The second-order valence-electron chi connectivity index (χ2n) is 6.53. The molecule has 1 aromatic rings. The largest absolute Gasteiger partial charge is 0.461 e. The van der Waals surface area contributed by atoms with Gasteiger partial charge < -0.3 is 19.5 Å². The summed E-state index contributed by atoms with van der Waals surface area (Å²) in [5.41, 5.74) is 1.47. The van der Waals surface area contributed by atoms with E-state index >= 15 is 0 Å². The van der Waals surface area contributed by atoms with E-state index in [-0.39, 0.29) is 24.4 Å². The number of fused-ring (bicyclic) bond motifs is 1. The highest BCUT2D eigenvalue weighted by Gasteiger charge is 2.48. The summed E-state index contributed by atoms with van der Waals surface area (Å²) in [5, 5.41) is 2.43. The fourth-order valence-electron chi connectivity index (χ4n) is 3.64. The van der Waals surface area contributed by atoms with E-state index < -0.39 is 12.4 Å². The number of alkyl carbamates (subject to hydrolysis) is 1. The minimum absolute atomic E-state index is 0.0123. The molecule has 2 aliphatic rings. The van der Waals surface area contributed by atoms with Gasteiger partial charge in [0.25, 0.3) is 0 Å². The lowest BCUT2D eigenvalue weighted by Crippen LogP contribution is -2.40. The predicted octanol–water partition coefficient (Wildman–Crippen LogP) is 2.99. The van der Waals surface area contributed by atoms with Crippen molar-refractivity contribution in [3.63, 3.8) is 0 Å². The Hall–Kier alpha value is -2.50. The van der Waals surface area contributed by atoms with E-state index in [2.05, 4.69) is 12.2 Å². The molecule has 1 saturated carbocycles. The van der Waals surface area contributed by atoms with Crippen LogP contribution in [0, 0.1) is 17.8 Å². The Morgan fingerprint density at radius 2 is 2.00 bits per heavy atom. The minimum atomic E-state index is -0.673. The summed E-state index contributed by atoms with van der Waals surface area (Å²) < 4.78 is 16.3. The number of hydrogen-bond donors (Lipinski definition) is 1. The Labute approximate surface area is 147 Å². The van der Waals surface area contributed by atoms with Crippen molar-refractivity contribution in [3.05, 3.63) is 47.7 Å².